The molecular weight excluding hydrogens is 549 g/mol. The van der Waals surface area contributed by atoms with Crippen molar-refractivity contribution in [3.63, 3.8) is 0 Å². The predicted molar refractivity (Wildman–Crippen MR) is 134 cm³/mol. The second-order valence-electron chi connectivity index (χ2n) is 7.14. The van der Waals surface area contributed by atoms with E-state index in [-0.39, 0.29) is 17.4 Å². The maximum Gasteiger partial charge on any atom is 0.250 e. The number of allylic oxidation sites excluding steroid dienone is 1. The molecule has 0 aliphatic heterocycles. The monoisotopic (exact) mass is 563 g/mol. The number of Topliss-reactive ketones (excluding diaryl/α,β-unsaturated/α-hetero) is 1. The molecule has 4 rings (SSSR count). The molecule has 0 saturated carbocycles. The van der Waals surface area contributed by atoms with Gasteiger partial charge in [-0.3, -0.25) is 14.7 Å². The SMILES string of the molecule is CC1=Cc2ccc(Br)cc2C(=O)C1c1nc(SCC(=O)N/N=C/c2c(Cl)cccc2Cl)n[nH]1. The average molecular weight is 565 g/mol. The molecule has 1 atom stereocenters. The number of halogens is 3. The summed E-state index contributed by atoms with van der Waals surface area (Å²) in [6.07, 6.45) is 3.36. The van der Waals surface area contributed by atoms with Gasteiger partial charge in [-0.2, -0.15) is 5.10 Å². The Morgan fingerprint density at radius 3 is 2.82 bits per heavy atom. The largest absolute Gasteiger partial charge is 0.293 e. The van der Waals surface area contributed by atoms with Crippen LogP contribution in [0, 0.1) is 0 Å². The van der Waals surface area contributed by atoms with Crippen LogP contribution in [-0.2, 0) is 4.79 Å². The Morgan fingerprint density at radius 2 is 2.06 bits per heavy atom. The van der Waals surface area contributed by atoms with Crippen molar-refractivity contribution in [1.29, 1.82) is 0 Å². The van der Waals surface area contributed by atoms with Crippen molar-refractivity contribution >= 4 is 74.9 Å². The normalized spacial score (nSPS) is 15.5. The molecule has 0 saturated heterocycles. The number of rotatable bonds is 6. The molecule has 1 aromatic heterocycles. The molecule has 2 N–H and O–H groups in total. The summed E-state index contributed by atoms with van der Waals surface area (Å²) in [5.41, 5.74) is 5.30. The lowest BCUT2D eigenvalue weighted by molar-refractivity contribution is -0.118. The van der Waals surface area contributed by atoms with Crippen LogP contribution in [0.25, 0.3) is 6.08 Å². The van der Waals surface area contributed by atoms with Crippen molar-refractivity contribution in [3.05, 3.63) is 79.0 Å². The topological polar surface area (TPSA) is 100 Å². The second-order valence-corrected chi connectivity index (χ2v) is 9.81. The summed E-state index contributed by atoms with van der Waals surface area (Å²) < 4.78 is 0.834. The van der Waals surface area contributed by atoms with Gasteiger partial charge in [0, 0.05) is 15.6 Å². The Balaban J connectivity index is 1.38. The van der Waals surface area contributed by atoms with Crippen LogP contribution in [0.3, 0.4) is 0 Å². The summed E-state index contributed by atoms with van der Waals surface area (Å²) in [7, 11) is 0. The highest BCUT2D eigenvalue weighted by Gasteiger charge is 2.32. The molecule has 2 aromatic carbocycles. The number of ketones is 1. The number of H-pyrrole nitrogens is 1. The fourth-order valence-electron chi connectivity index (χ4n) is 3.32. The summed E-state index contributed by atoms with van der Waals surface area (Å²) in [5, 5.41) is 12.1. The summed E-state index contributed by atoms with van der Waals surface area (Å²) in [4.78, 5) is 29.6. The first kappa shape index (κ1) is 23.7. The van der Waals surface area contributed by atoms with Gasteiger partial charge in [0.25, 0.3) is 5.91 Å². The van der Waals surface area contributed by atoms with Crippen LogP contribution >= 0.6 is 50.9 Å². The van der Waals surface area contributed by atoms with Gasteiger partial charge in [0.15, 0.2) is 5.78 Å². The van der Waals surface area contributed by atoms with E-state index in [1.807, 2.05) is 25.1 Å². The van der Waals surface area contributed by atoms with Gasteiger partial charge in [-0.15, -0.1) is 5.10 Å². The zero-order valence-corrected chi connectivity index (χ0v) is 21.0. The molecule has 0 spiro atoms. The van der Waals surface area contributed by atoms with E-state index in [4.69, 9.17) is 23.2 Å². The Morgan fingerprint density at radius 1 is 1.30 bits per heavy atom. The van der Waals surface area contributed by atoms with Crippen molar-refractivity contribution in [3.8, 4) is 0 Å². The average Bonchev–Trinajstić information content (AvgIpc) is 3.23. The number of nitrogens with one attached hydrogen (secondary N) is 2. The van der Waals surface area contributed by atoms with E-state index in [2.05, 4.69) is 41.6 Å². The number of benzene rings is 2. The van der Waals surface area contributed by atoms with Crippen LogP contribution in [-0.4, -0.2) is 38.8 Å². The van der Waals surface area contributed by atoms with Crippen LogP contribution in [0.5, 0.6) is 0 Å². The molecule has 7 nitrogen and oxygen atoms in total. The molecule has 0 fully saturated rings. The fraction of sp³-hybridized carbons (Fsp3) is 0.136. The molecule has 11 heteroatoms. The Labute approximate surface area is 212 Å². The lowest BCUT2D eigenvalue weighted by Gasteiger charge is -2.21. The standard InChI is InChI=1S/C22H16BrCl2N5O2S/c1-11-7-12-5-6-13(23)8-14(12)20(32)19(11)21-27-22(30-29-21)33-10-18(31)28-26-9-15-16(24)3-2-4-17(15)25/h2-9,19H,10H2,1H3,(H,28,31)(H,27,29,30)/b26-9+. The van der Waals surface area contributed by atoms with Crippen molar-refractivity contribution < 1.29 is 9.59 Å². The van der Waals surface area contributed by atoms with E-state index in [1.54, 1.807) is 24.3 Å². The number of hydrazone groups is 1. The molecule has 1 heterocycles. The molecule has 1 unspecified atom stereocenters. The Hall–Kier alpha value is -2.46. The van der Waals surface area contributed by atoms with Gasteiger partial charge in [-0.25, -0.2) is 10.4 Å². The number of carbonyl (C=O) groups excluding carboxylic acids is 2. The van der Waals surface area contributed by atoms with Crippen molar-refractivity contribution in [2.45, 2.75) is 18.0 Å². The molecular formula is C22H16BrCl2N5O2S. The Bertz CT molecular complexity index is 1290. The number of fused-ring (bicyclic) bond motifs is 1. The lowest BCUT2D eigenvalue weighted by atomic mass is 9.82. The highest BCUT2D eigenvalue weighted by molar-refractivity contribution is 9.10. The number of aromatic nitrogens is 3. The number of amides is 1. The van der Waals surface area contributed by atoms with E-state index in [1.165, 1.54) is 6.21 Å². The number of aromatic amines is 1. The van der Waals surface area contributed by atoms with Gasteiger partial charge in [-0.05, 0) is 36.8 Å². The highest BCUT2D eigenvalue weighted by Crippen LogP contribution is 2.35. The maximum atomic E-state index is 13.1. The van der Waals surface area contributed by atoms with Crippen LogP contribution in [0.4, 0.5) is 0 Å². The summed E-state index contributed by atoms with van der Waals surface area (Å²) in [6, 6.07) is 10.7. The zero-order chi connectivity index (χ0) is 23.5. The third-order valence-electron chi connectivity index (χ3n) is 4.85. The van der Waals surface area contributed by atoms with Crippen LogP contribution < -0.4 is 5.43 Å². The maximum absolute atomic E-state index is 13.1. The number of hydrogen-bond acceptors (Lipinski definition) is 6. The molecule has 3 aromatic rings. The Kier molecular flexibility index (Phi) is 7.33. The summed E-state index contributed by atoms with van der Waals surface area (Å²) in [6.45, 7) is 1.89. The van der Waals surface area contributed by atoms with E-state index in [9.17, 15) is 9.59 Å². The van der Waals surface area contributed by atoms with Crippen LogP contribution in [0.15, 0.2) is 56.7 Å². The predicted octanol–water partition coefficient (Wildman–Crippen LogP) is 5.50. The molecule has 168 valence electrons. The molecule has 1 aliphatic carbocycles. The molecule has 0 bridgehead atoms. The van der Waals surface area contributed by atoms with E-state index in [0.29, 0.717) is 32.2 Å². The highest BCUT2D eigenvalue weighted by atomic mass is 79.9. The lowest BCUT2D eigenvalue weighted by Crippen LogP contribution is -2.20. The molecule has 1 aliphatic rings. The number of nitrogens with zero attached hydrogens (tertiary/aromatic N) is 3. The molecule has 0 radical (unpaired) electrons. The first-order valence-corrected chi connectivity index (χ1v) is 12.2. The van der Waals surface area contributed by atoms with Crippen LogP contribution in [0.2, 0.25) is 10.0 Å². The third-order valence-corrected chi connectivity index (χ3v) is 6.85. The first-order valence-electron chi connectivity index (χ1n) is 9.66. The first-order chi connectivity index (χ1) is 15.8. The van der Waals surface area contributed by atoms with E-state index < -0.39 is 5.92 Å². The third kappa shape index (κ3) is 5.38. The van der Waals surface area contributed by atoms with Gasteiger partial charge in [0.1, 0.15) is 11.7 Å². The number of carbonyl (C=O) groups is 2. The smallest absolute Gasteiger partial charge is 0.250 e. The summed E-state index contributed by atoms with van der Waals surface area (Å²) in [5.74, 6) is -0.478. The second kappa shape index (κ2) is 10.2. The van der Waals surface area contributed by atoms with E-state index >= 15 is 0 Å². The molecule has 1 amide bonds. The van der Waals surface area contributed by atoms with Gasteiger partial charge >= 0.3 is 0 Å². The quantitative estimate of drug-likeness (QED) is 0.234. The van der Waals surface area contributed by atoms with Gasteiger partial charge < -0.3 is 0 Å². The van der Waals surface area contributed by atoms with E-state index in [0.717, 1.165) is 27.4 Å². The minimum Gasteiger partial charge on any atom is -0.293 e. The number of thioether (sulfide) groups is 1. The fourth-order valence-corrected chi connectivity index (χ4v) is 4.77. The molecule has 33 heavy (non-hydrogen) atoms. The van der Waals surface area contributed by atoms with Crippen molar-refractivity contribution in [1.82, 2.24) is 20.6 Å². The van der Waals surface area contributed by atoms with Crippen molar-refractivity contribution in [2.24, 2.45) is 5.10 Å². The minimum absolute atomic E-state index is 0.0358. The number of hydrogen-bond donors (Lipinski definition) is 2. The van der Waals surface area contributed by atoms with Gasteiger partial charge in [0.05, 0.1) is 22.0 Å². The zero-order valence-electron chi connectivity index (χ0n) is 17.1. The van der Waals surface area contributed by atoms with Crippen LogP contribution in [0.1, 0.15) is 40.2 Å². The van der Waals surface area contributed by atoms with Gasteiger partial charge in [0.2, 0.25) is 5.16 Å². The minimum atomic E-state index is -0.549. The van der Waals surface area contributed by atoms with Crippen molar-refractivity contribution in [2.75, 3.05) is 5.75 Å². The van der Waals surface area contributed by atoms with Gasteiger partial charge in [-0.1, -0.05) is 74.7 Å². The summed E-state index contributed by atoms with van der Waals surface area (Å²) >= 11 is 16.7.